The Morgan fingerprint density at radius 3 is 2.53 bits per heavy atom. The molecule has 0 spiro atoms. The van der Waals surface area contributed by atoms with Gasteiger partial charge in [0, 0.05) is 29.7 Å². The van der Waals surface area contributed by atoms with Crippen LogP contribution in [0.2, 0.25) is 0 Å². The number of nitrogens with zero attached hydrogens (tertiary/aromatic N) is 1. The van der Waals surface area contributed by atoms with Crippen molar-refractivity contribution in [1.29, 1.82) is 0 Å². The maximum Gasteiger partial charge on any atom is 0.254 e. The molecule has 2 aliphatic rings. The molecular formula is C13H15IN2O. The van der Waals surface area contributed by atoms with Crippen molar-refractivity contribution in [1.82, 2.24) is 10.2 Å². The number of likely N-dealkylation sites (tertiary alicyclic amines) is 1. The number of benzene rings is 1. The molecule has 0 radical (unpaired) electrons. The topological polar surface area (TPSA) is 32.3 Å². The molecule has 3 nitrogen and oxygen atoms in total. The van der Waals surface area contributed by atoms with Crippen molar-refractivity contribution in [3.05, 3.63) is 33.4 Å². The van der Waals surface area contributed by atoms with Crippen molar-refractivity contribution in [3.63, 3.8) is 0 Å². The van der Waals surface area contributed by atoms with E-state index < -0.39 is 0 Å². The first-order valence-corrected chi connectivity index (χ1v) is 7.08. The van der Waals surface area contributed by atoms with Gasteiger partial charge in [0.15, 0.2) is 0 Å². The van der Waals surface area contributed by atoms with Gasteiger partial charge in [-0.25, -0.2) is 0 Å². The molecule has 1 amide bonds. The SMILES string of the molecule is O=C(c1ccccc1I)N1CC2CNCC2C1. The van der Waals surface area contributed by atoms with Gasteiger partial charge in [-0.1, -0.05) is 12.1 Å². The molecule has 2 saturated heterocycles. The van der Waals surface area contributed by atoms with Gasteiger partial charge < -0.3 is 10.2 Å². The van der Waals surface area contributed by atoms with Crippen LogP contribution in [0.15, 0.2) is 24.3 Å². The molecule has 17 heavy (non-hydrogen) atoms. The van der Waals surface area contributed by atoms with E-state index in [1.54, 1.807) is 0 Å². The van der Waals surface area contributed by atoms with Crippen molar-refractivity contribution in [2.45, 2.75) is 0 Å². The Balaban J connectivity index is 1.78. The van der Waals surface area contributed by atoms with Crippen molar-refractivity contribution < 1.29 is 4.79 Å². The van der Waals surface area contributed by atoms with E-state index in [2.05, 4.69) is 27.9 Å². The van der Waals surface area contributed by atoms with Gasteiger partial charge in [-0.05, 0) is 46.6 Å². The average molecular weight is 342 g/mol. The minimum Gasteiger partial charge on any atom is -0.338 e. The van der Waals surface area contributed by atoms with Crippen molar-refractivity contribution in [3.8, 4) is 0 Å². The molecule has 1 aromatic rings. The fourth-order valence-electron chi connectivity index (χ4n) is 2.83. The van der Waals surface area contributed by atoms with Gasteiger partial charge in [-0.2, -0.15) is 0 Å². The maximum atomic E-state index is 12.4. The summed E-state index contributed by atoms with van der Waals surface area (Å²) in [6.45, 7) is 3.98. The number of nitrogens with one attached hydrogen (secondary N) is 1. The predicted molar refractivity (Wildman–Crippen MR) is 74.9 cm³/mol. The Morgan fingerprint density at radius 1 is 1.24 bits per heavy atom. The predicted octanol–water partition coefficient (Wildman–Crippen LogP) is 1.58. The van der Waals surface area contributed by atoms with Gasteiger partial charge in [-0.3, -0.25) is 4.79 Å². The van der Waals surface area contributed by atoms with Crippen LogP contribution in [0.4, 0.5) is 0 Å². The molecule has 0 aromatic heterocycles. The van der Waals surface area contributed by atoms with E-state index >= 15 is 0 Å². The Labute approximate surface area is 115 Å². The van der Waals surface area contributed by atoms with Crippen LogP contribution < -0.4 is 5.32 Å². The molecule has 2 atom stereocenters. The van der Waals surface area contributed by atoms with Crippen LogP contribution in [-0.4, -0.2) is 37.0 Å². The molecule has 3 rings (SSSR count). The number of hydrogen-bond acceptors (Lipinski definition) is 2. The summed E-state index contributed by atoms with van der Waals surface area (Å²) in [5.74, 6) is 1.53. The van der Waals surface area contributed by atoms with Crippen LogP contribution in [0, 0.1) is 15.4 Å². The van der Waals surface area contributed by atoms with Crippen molar-refractivity contribution in [2.24, 2.45) is 11.8 Å². The first-order chi connectivity index (χ1) is 8.25. The largest absolute Gasteiger partial charge is 0.338 e. The van der Waals surface area contributed by atoms with Gasteiger partial charge in [0.1, 0.15) is 0 Å². The molecule has 1 aromatic carbocycles. The van der Waals surface area contributed by atoms with Gasteiger partial charge in [0.25, 0.3) is 5.91 Å². The van der Waals surface area contributed by atoms with E-state index in [-0.39, 0.29) is 5.91 Å². The molecule has 90 valence electrons. The Kier molecular flexibility index (Phi) is 3.08. The second-order valence-electron chi connectivity index (χ2n) is 4.87. The van der Waals surface area contributed by atoms with Gasteiger partial charge in [-0.15, -0.1) is 0 Å². The summed E-state index contributed by atoms with van der Waals surface area (Å²) in [4.78, 5) is 14.4. The Bertz CT molecular complexity index is 437. The number of rotatable bonds is 1. The zero-order chi connectivity index (χ0) is 11.8. The van der Waals surface area contributed by atoms with Crippen LogP contribution in [-0.2, 0) is 0 Å². The van der Waals surface area contributed by atoms with E-state index in [9.17, 15) is 4.79 Å². The second kappa shape index (κ2) is 4.57. The van der Waals surface area contributed by atoms with E-state index in [0.717, 1.165) is 35.3 Å². The number of hydrogen-bond donors (Lipinski definition) is 1. The molecule has 1 N–H and O–H groups in total. The minimum absolute atomic E-state index is 0.199. The molecule has 4 heteroatoms. The highest BCUT2D eigenvalue weighted by molar-refractivity contribution is 14.1. The van der Waals surface area contributed by atoms with Crippen LogP contribution >= 0.6 is 22.6 Å². The summed E-state index contributed by atoms with van der Waals surface area (Å²) in [5.41, 5.74) is 0.848. The monoisotopic (exact) mass is 342 g/mol. The minimum atomic E-state index is 0.199. The third-order valence-electron chi connectivity index (χ3n) is 3.78. The zero-order valence-electron chi connectivity index (χ0n) is 9.53. The second-order valence-corrected chi connectivity index (χ2v) is 6.03. The van der Waals surface area contributed by atoms with Crippen LogP contribution in [0.5, 0.6) is 0 Å². The molecule has 2 fully saturated rings. The van der Waals surface area contributed by atoms with Crippen molar-refractivity contribution >= 4 is 28.5 Å². The fourth-order valence-corrected chi connectivity index (χ4v) is 3.44. The van der Waals surface area contributed by atoms with Gasteiger partial charge in [0.05, 0.1) is 5.56 Å². The number of carbonyl (C=O) groups excluding carboxylic acids is 1. The summed E-state index contributed by atoms with van der Waals surface area (Å²) < 4.78 is 1.05. The molecule has 0 bridgehead atoms. The van der Waals surface area contributed by atoms with E-state index in [1.807, 2.05) is 29.2 Å². The maximum absolute atomic E-state index is 12.4. The normalized spacial score (nSPS) is 27.2. The number of fused-ring (bicyclic) bond motifs is 1. The fraction of sp³-hybridized carbons (Fsp3) is 0.462. The summed E-state index contributed by atoms with van der Waals surface area (Å²) in [6, 6.07) is 7.83. The number of carbonyl (C=O) groups is 1. The van der Waals surface area contributed by atoms with Crippen molar-refractivity contribution in [2.75, 3.05) is 26.2 Å². The molecular weight excluding hydrogens is 327 g/mol. The third kappa shape index (κ3) is 2.08. The summed E-state index contributed by atoms with van der Waals surface area (Å²) in [6.07, 6.45) is 0. The molecule has 2 unspecified atom stereocenters. The number of amides is 1. The highest BCUT2D eigenvalue weighted by atomic mass is 127. The smallest absolute Gasteiger partial charge is 0.254 e. The zero-order valence-corrected chi connectivity index (χ0v) is 11.7. The summed E-state index contributed by atoms with van der Waals surface area (Å²) >= 11 is 2.24. The van der Waals surface area contributed by atoms with Crippen LogP contribution in [0.1, 0.15) is 10.4 Å². The highest BCUT2D eigenvalue weighted by Crippen LogP contribution is 2.28. The Hall–Kier alpha value is -0.620. The highest BCUT2D eigenvalue weighted by Gasteiger charge is 2.38. The van der Waals surface area contributed by atoms with Gasteiger partial charge in [0.2, 0.25) is 0 Å². The summed E-state index contributed by atoms with van der Waals surface area (Å²) in [7, 11) is 0. The van der Waals surface area contributed by atoms with E-state index in [4.69, 9.17) is 0 Å². The molecule has 2 aliphatic heterocycles. The lowest BCUT2D eigenvalue weighted by Gasteiger charge is -2.18. The van der Waals surface area contributed by atoms with Gasteiger partial charge >= 0.3 is 0 Å². The van der Waals surface area contributed by atoms with Crippen LogP contribution in [0.25, 0.3) is 0 Å². The first kappa shape index (κ1) is 11.5. The first-order valence-electron chi connectivity index (χ1n) is 6.00. The standard InChI is InChI=1S/C13H15IN2O/c14-12-4-2-1-3-11(12)13(17)16-7-9-5-15-6-10(9)8-16/h1-4,9-10,15H,5-8H2. The number of halogens is 1. The van der Waals surface area contributed by atoms with E-state index in [0.29, 0.717) is 11.8 Å². The molecule has 2 heterocycles. The Morgan fingerprint density at radius 2 is 1.88 bits per heavy atom. The summed E-state index contributed by atoms with van der Waals surface area (Å²) in [5, 5.41) is 3.40. The van der Waals surface area contributed by atoms with E-state index in [1.165, 1.54) is 0 Å². The lowest BCUT2D eigenvalue weighted by Crippen LogP contribution is -2.32. The lowest BCUT2D eigenvalue weighted by molar-refractivity contribution is 0.0780. The third-order valence-corrected chi connectivity index (χ3v) is 4.72. The van der Waals surface area contributed by atoms with Crippen LogP contribution in [0.3, 0.4) is 0 Å². The quantitative estimate of drug-likeness (QED) is 0.786. The molecule has 0 aliphatic carbocycles. The molecule has 0 saturated carbocycles. The lowest BCUT2D eigenvalue weighted by atomic mass is 10.0. The average Bonchev–Trinajstić information content (AvgIpc) is 2.88.